The van der Waals surface area contributed by atoms with E-state index in [1.54, 1.807) is 16.4 Å². The number of benzene rings is 1. The Morgan fingerprint density at radius 1 is 1.56 bits per heavy atom. The van der Waals surface area contributed by atoms with Crippen molar-refractivity contribution in [2.75, 3.05) is 12.9 Å². The lowest BCUT2D eigenvalue weighted by atomic mass is 10.2. The third-order valence-electron chi connectivity index (χ3n) is 2.49. The number of methoxy groups -OCH3 is 1. The number of thioether (sulfide) groups is 1. The molecule has 4 nitrogen and oxygen atoms in total. The second-order valence-corrected chi connectivity index (χ2v) is 5.30. The van der Waals surface area contributed by atoms with Gasteiger partial charge < -0.3 is 4.74 Å². The minimum atomic E-state index is -0.207. The lowest BCUT2D eigenvalue weighted by Gasteiger charge is -2.04. The van der Waals surface area contributed by atoms with Gasteiger partial charge in [-0.05, 0) is 12.1 Å². The van der Waals surface area contributed by atoms with Crippen LogP contribution in [0.5, 0.6) is 0 Å². The van der Waals surface area contributed by atoms with Crippen LogP contribution < -0.4 is 0 Å². The lowest BCUT2D eigenvalue weighted by molar-refractivity contribution is -0.140. The fraction of sp³-hybridized carbons (Fsp3) is 0.333. The van der Waals surface area contributed by atoms with Gasteiger partial charge in [0.05, 0.1) is 24.1 Å². The minimum absolute atomic E-state index is 0.207. The third kappa shape index (κ3) is 2.79. The van der Waals surface area contributed by atoms with E-state index in [4.69, 9.17) is 11.6 Å². The monoisotopic (exact) mass is 284 g/mol. The van der Waals surface area contributed by atoms with Crippen molar-refractivity contribution in [2.45, 2.75) is 11.3 Å². The molecule has 2 rings (SSSR count). The van der Waals surface area contributed by atoms with Crippen LogP contribution in [0.1, 0.15) is 6.42 Å². The number of carbonyl (C=O) groups is 1. The number of ether oxygens (including phenoxy) is 1. The Hall–Kier alpha value is -1.20. The van der Waals surface area contributed by atoms with Crippen LogP contribution >= 0.6 is 23.4 Å². The smallest absolute Gasteiger partial charge is 0.306 e. The van der Waals surface area contributed by atoms with E-state index in [0.717, 1.165) is 15.8 Å². The number of hydrogen-bond acceptors (Lipinski definition) is 4. The lowest BCUT2D eigenvalue weighted by Crippen LogP contribution is -2.00. The number of fused-ring (bicyclic) bond motifs is 1. The van der Waals surface area contributed by atoms with E-state index in [2.05, 4.69) is 9.84 Å². The summed E-state index contributed by atoms with van der Waals surface area (Å²) in [5.41, 5.74) is 0.875. The molecule has 0 radical (unpaired) electrons. The Labute approximate surface area is 114 Å². The summed E-state index contributed by atoms with van der Waals surface area (Å²) < 4.78 is 6.33. The molecule has 96 valence electrons. The number of aromatic nitrogens is 2. The van der Waals surface area contributed by atoms with Gasteiger partial charge in [0.25, 0.3) is 0 Å². The van der Waals surface area contributed by atoms with Gasteiger partial charge in [-0.1, -0.05) is 11.6 Å². The molecule has 18 heavy (non-hydrogen) atoms. The molecule has 0 saturated heterocycles. The predicted molar refractivity (Wildman–Crippen MR) is 73.1 cm³/mol. The average molecular weight is 285 g/mol. The van der Waals surface area contributed by atoms with Crippen LogP contribution in [0.2, 0.25) is 5.02 Å². The van der Waals surface area contributed by atoms with E-state index in [1.165, 1.54) is 7.11 Å². The molecule has 0 N–H and O–H groups in total. The summed E-state index contributed by atoms with van der Waals surface area (Å²) in [6.07, 6.45) is 2.27. The van der Waals surface area contributed by atoms with Gasteiger partial charge in [-0.3, -0.25) is 9.48 Å². The number of hydrogen-bond donors (Lipinski definition) is 0. The Kier molecular flexibility index (Phi) is 4.14. The number of esters is 1. The fourth-order valence-electron chi connectivity index (χ4n) is 1.62. The van der Waals surface area contributed by atoms with Crippen molar-refractivity contribution < 1.29 is 9.53 Å². The molecule has 2 aromatic rings. The van der Waals surface area contributed by atoms with Gasteiger partial charge in [-0.25, -0.2) is 0 Å². The Balaban J connectivity index is 2.13. The number of halogens is 1. The molecule has 1 heterocycles. The summed E-state index contributed by atoms with van der Waals surface area (Å²) in [7, 11) is 3.25. The van der Waals surface area contributed by atoms with Crippen molar-refractivity contribution in [3.63, 3.8) is 0 Å². The molecule has 0 bridgehead atoms. The first kappa shape index (κ1) is 13.2. The van der Waals surface area contributed by atoms with E-state index in [0.29, 0.717) is 17.2 Å². The predicted octanol–water partition coefficient (Wildman–Crippen LogP) is 2.88. The molecule has 0 atom stereocenters. The third-order valence-corrected chi connectivity index (χ3v) is 4.07. The van der Waals surface area contributed by atoms with E-state index >= 15 is 0 Å². The maximum absolute atomic E-state index is 11.0. The van der Waals surface area contributed by atoms with Gasteiger partial charge in [-0.2, -0.15) is 5.10 Å². The Morgan fingerprint density at radius 3 is 3.06 bits per heavy atom. The number of nitrogens with zero attached hydrogens (tertiary/aromatic N) is 2. The van der Waals surface area contributed by atoms with Crippen LogP contribution in [0.25, 0.3) is 10.9 Å². The molecule has 0 amide bonds. The van der Waals surface area contributed by atoms with E-state index < -0.39 is 0 Å². The zero-order valence-corrected chi connectivity index (χ0v) is 11.7. The largest absolute Gasteiger partial charge is 0.469 e. The van der Waals surface area contributed by atoms with Crippen LogP contribution in [0.15, 0.2) is 23.2 Å². The maximum Gasteiger partial charge on any atom is 0.306 e. The van der Waals surface area contributed by atoms with Crippen molar-refractivity contribution in [3.05, 3.63) is 23.4 Å². The highest BCUT2D eigenvalue weighted by Crippen LogP contribution is 2.33. The van der Waals surface area contributed by atoms with Crippen molar-refractivity contribution >= 4 is 40.2 Å². The molecule has 0 aliphatic carbocycles. The Morgan fingerprint density at radius 2 is 2.33 bits per heavy atom. The molecule has 0 aliphatic rings. The average Bonchev–Trinajstić information content (AvgIpc) is 2.73. The quantitative estimate of drug-likeness (QED) is 0.640. The van der Waals surface area contributed by atoms with Gasteiger partial charge >= 0.3 is 5.97 Å². The topological polar surface area (TPSA) is 44.1 Å². The molecule has 1 aromatic heterocycles. The second kappa shape index (κ2) is 5.63. The first-order chi connectivity index (χ1) is 8.61. The molecular formula is C12H13ClN2O2S. The first-order valence-corrected chi connectivity index (χ1v) is 6.79. The van der Waals surface area contributed by atoms with Crippen molar-refractivity contribution in [1.29, 1.82) is 0 Å². The summed E-state index contributed by atoms with van der Waals surface area (Å²) in [5.74, 6) is 0.444. The van der Waals surface area contributed by atoms with E-state index in [1.807, 2.05) is 25.4 Å². The van der Waals surface area contributed by atoms with Crippen molar-refractivity contribution in [2.24, 2.45) is 7.05 Å². The summed E-state index contributed by atoms with van der Waals surface area (Å²) in [6, 6.07) is 3.86. The molecule has 0 aliphatic heterocycles. The standard InChI is InChI=1S/C12H13ClN2O2S/c1-15-7-8-9(14-15)3-4-10(12(8)13)18-6-5-11(16)17-2/h3-4,7H,5-6H2,1-2H3. The summed E-state index contributed by atoms with van der Waals surface area (Å²) in [5, 5.41) is 5.91. The van der Waals surface area contributed by atoms with Gasteiger partial charge in [0.1, 0.15) is 0 Å². The van der Waals surface area contributed by atoms with Gasteiger partial charge in [0, 0.05) is 29.3 Å². The van der Waals surface area contributed by atoms with Crippen LogP contribution in [0.3, 0.4) is 0 Å². The molecule has 1 aromatic carbocycles. The SMILES string of the molecule is COC(=O)CCSc1ccc2nn(C)cc2c1Cl. The van der Waals surface area contributed by atoms with Crippen molar-refractivity contribution in [3.8, 4) is 0 Å². The summed E-state index contributed by atoms with van der Waals surface area (Å²) >= 11 is 7.86. The van der Waals surface area contributed by atoms with Gasteiger partial charge in [-0.15, -0.1) is 11.8 Å². The summed E-state index contributed by atoms with van der Waals surface area (Å²) in [4.78, 5) is 12.0. The zero-order valence-electron chi connectivity index (χ0n) is 10.1. The highest BCUT2D eigenvalue weighted by molar-refractivity contribution is 7.99. The second-order valence-electron chi connectivity index (χ2n) is 3.79. The first-order valence-electron chi connectivity index (χ1n) is 5.43. The van der Waals surface area contributed by atoms with Crippen LogP contribution in [0.4, 0.5) is 0 Å². The molecule has 0 fully saturated rings. The molecule has 0 spiro atoms. The molecular weight excluding hydrogens is 272 g/mol. The maximum atomic E-state index is 11.0. The molecule has 0 unspecified atom stereocenters. The van der Waals surface area contributed by atoms with Gasteiger partial charge in [0.15, 0.2) is 0 Å². The van der Waals surface area contributed by atoms with E-state index in [-0.39, 0.29) is 5.97 Å². The number of rotatable bonds is 4. The van der Waals surface area contributed by atoms with Crippen molar-refractivity contribution in [1.82, 2.24) is 9.78 Å². The summed E-state index contributed by atoms with van der Waals surface area (Å²) in [6.45, 7) is 0. The van der Waals surface area contributed by atoms with Gasteiger partial charge in [0.2, 0.25) is 0 Å². The number of aryl methyl sites for hydroxylation is 1. The normalized spacial score (nSPS) is 10.8. The fourth-order valence-corrected chi connectivity index (χ4v) is 2.88. The van der Waals surface area contributed by atoms with Crippen LogP contribution in [0, 0.1) is 0 Å². The van der Waals surface area contributed by atoms with E-state index in [9.17, 15) is 4.79 Å². The molecule has 0 saturated carbocycles. The highest BCUT2D eigenvalue weighted by atomic mass is 35.5. The van der Waals surface area contributed by atoms with Crippen LogP contribution in [-0.4, -0.2) is 28.6 Å². The Bertz CT molecular complexity index is 583. The molecule has 6 heteroatoms. The minimum Gasteiger partial charge on any atom is -0.469 e. The zero-order chi connectivity index (χ0) is 13.1. The number of carbonyl (C=O) groups excluding carboxylic acids is 1. The van der Waals surface area contributed by atoms with Crippen LogP contribution in [-0.2, 0) is 16.6 Å². The highest BCUT2D eigenvalue weighted by Gasteiger charge is 2.09.